The first-order chi connectivity index (χ1) is 14.9. The van der Waals surface area contributed by atoms with Crippen LogP contribution in [0.1, 0.15) is 41.8 Å². The largest absolute Gasteiger partial charge is 0.455 e. The van der Waals surface area contributed by atoms with Gasteiger partial charge in [-0.2, -0.15) is 0 Å². The SMILES string of the molecule is CCN(CC)C(CNC(=O)c1ccc(CS(=O)(=O)c2ccccc2)o1)c1ccccc1. The van der Waals surface area contributed by atoms with Crippen LogP contribution in [0, 0.1) is 0 Å². The van der Waals surface area contributed by atoms with Crippen LogP contribution >= 0.6 is 0 Å². The van der Waals surface area contributed by atoms with E-state index in [9.17, 15) is 13.2 Å². The maximum Gasteiger partial charge on any atom is 0.287 e. The van der Waals surface area contributed by atoms with E-state index in [1.54, 1.807) is 30.3 Å². The molecule has 6 nitrogen and oxygen atoms in total. The molecule has 0 radical (unpaired) electrons. The molecule has 0 fully saturated rings. The predicted octanol–water partition coefficient (Wildman–Crippen LogP) is 4.07. The molecule has 0 saturated carbocycles. The average molecular weight is 441 g/mol. The molecule has 7 heteroatoms. The highest BCUT2D eigenvalue weighted by molar-refractivity contribution is 7.90. The number of nitrogens with one attached hydrogen (secondary N) is 1. The number of nitrogens with zero attached hydrogens (tertiary/aromatic N) is 1. The van der Waals surface area contributed by atoms with Crippen molar-refractivity contribution in [1.82, 2.24) is 10.2 Å². The Morgan fingerprint density at radius 2 is 1.55 bits per heavy atom. The third-order valence-corrected chi connectivity index (χ3v) is 6.87. The minimum Gasteiger partial charge on any atom is -0.455 e. The molecular weight excluding hydrogens is 412 g/mol. The molecule has 1 heterocycles. The first-order valence-corrected chi connectivity index (χ1v) is 12.0. The van der Waals surface area contributed by atoms with E-state index < -0.39 is 9.84 Å². The van der Waals surface area contributed by atoms with Gasteiger partial charge in [0.2, 0.25) is 0 Å². The van der Waals surface area contributed by atoms with Crippen LogP contribution in [0.15, 0.2) is 82.1 Å². The third-order valence-electron chi connectivity index (χ3n) is 5.21. The zero-order valence-electron chi connectivity index (χ0n) is 17.8. The van der Waals surface area contributed by atoms with Crippen LogP contribution in [0.5, 0.6) is 0 Å². The minimum absolute atomic E-state index is 0.0352. The van der Waals surface area contributed by atoms with Gasteiger partial charge in [-0.3, -0.25) is 9.69 Å². The summed E-state index contributed by atoms with van der Waals surface area (Å²) in [6.07, 6.45) is 0. The molecule has 3 aromatic rings. The fourth-order valence-electron chi connectivity index (χ4n) is 3.55. The normalized spacial score (nSPS) is 12.6. The highest BCUT2D eigenvalue weighted by atomic mass is 32.2. The minimum atomic E-state index is -3.54. The van der Waals surface area contributed by atoms with Gasteiger partial charge in [-0.15, -0.1) is 0 Å². The predicted molar refractivity (Wildman–Crippen MR) is 120 cm³/mol. The van der Waals surface area contributed by atoms with Crippen LogP contribution in [-0.4, -0.2) is 38.9 Å². The Morgan fingerprint density at radius 1 is 0.935 bits per heavy atom. The number of furan rings is 1. The van der Waals surface area contributed by atoms with Gasteiger partial charge < -0.3 is 9.73 Å². The molecule has 31 heavy (non-hydrogen) atoms. The molecule has 1 amide bonds. The first kappa shape index (κ1) is 22.8. The molecule has 1 aromatic heterocycles. The van der Waals surface area contributed by atoms with Crippen molar-refractivity contribution >= 4 is 15.7 Å². The standard InChI is InChI=1S/C24H28N2O4S/c1-3-26(4-2)22(19-11-7-5-8-12-19)17-25-24(27)23-16-15-20(30-23)18-31(28,29)21-13-9-6-10-14-21/h5-16,22H,3-4,17-18H2,1-2H3,(H,25,27). The lowest BCUT2D eigenvalue weighted by atomic mass is 10.1. The van der Waals surface area contributed by atoms with Crippen molar-refractivity contribution in [3.8, 4) is 0 Å². The van der Waals surface area contributed by atoms with E-state index in [2.05, 4.69) is 36.2 Å². The second kappa shape index (κ2) is 10.4. The lowest BCUT2D eigenvalue weighted by Crippen LogP contribution is -2.38. The number of rotatable bonds is 10. The van der Waals surface area contributed by atoms with Gasteiger partial charge in [0.15, 0.2) is 15.6 Å². The summed E-state index contributed by atoms with van der Waals surface area (Å²) < 4.78 is 30.6. The molecule has 3 rings (SSSR count). The van der Waals surface area contributed by atoms with Crippen LogP contribution in [0.2, 0.25) is 0 Å². The average Bonchev–Trinajstić information content (AvgIpc) is 3.25. The highest BCUT2D eigenvalue weighted by Gasteiger charge is 2.22. The van der Waals surface area contributed by atoms with Crippen molar-refractivity contribution < 1.29 is 17.6 Å². The number of hydrogen-bond acceptors (Lipinski definition) is 5. The number of likely N-dealkylation sites (N-methyl/N-ethyl adjacent to an activating group) is 1. The number of sulfone groups is 1. The molecule has 0 saturated heterocycles. The highest BCUT2D eigenvalue weighted by Crippen LogP contribution is 2.21. The smallest absolute Gasteiger partial charge is 0.287 e. The van der Waals surface area contributed by atoms with Crippen molar-refractivity contribution in [3.05, 3.63) is 89.9 Å². The maximum absolute atomic E-state index is 12.7. The Balaban J connectivity index is 1.67. The molecule has 1 atom stereocenters. The Bertz CT molecular complexity index is 1080. The first-order valence-electron chi connectivity index (χ1n) is 10.4. The molecule has 164 valence electrons. The van der Waals surface area contributed by atoms with Crippen molar-refractivity contribution in [2.24, 2.45) is 0 Å². The van der Waals surface area contributed by atoms with Crippen LogP contribution in [-0.2, 0) is 15.6 Å². The van der Waals surface area contributed by atoms with Gasteiger partial charge in [0.05, 0.1) is 10.9 Å². The van der Waals surface area contributed by atoms with Crippen molar-refractivity contribution in [2.45, 2.75) is 30.5 Å². The van der Waals surface area contributed by atoms with Crippen LogP contribution in [0.25, 0.3) is 0 Å². The number of amides is 1. The maximum atomic E-state index is 12.7. The van der Waals surface area contributed by atoms with E-state index in [1.807, 2.05) is 18.2 Å². The zero-order chi connectivity index (χ0) is 22.3. The molecule has 0 spiro atoms. The lowest BCUT2D eigenvalue weighted by Gasteiger charge is -2.30. The fourth-order valence-corrected chi connectivity index (χ4v) is 4.82. The van der Waals surface area contributed by atoms with Gasteiger partial charge in [-0.25, -0.2) is 8.42 Å². The number of carbonyl (C=O) groups is 1. The second-order valence-electron chi connectivity index (χ2n) is 7.20. The van der Waals surface area contributed by atoms with Crippen molar-refractivity contribution in [1.29, 1.82) is 0 Å². The summed E-state index contributed by atoms with van der Waals surface area (Å²) in [5.41, 5.74) is 1.13. The molecule has 0 aliphatic heterocycles. The number of carbonyl (C=O) groups excluding carboxylic acids is 1. The summed E-state index contributed by atoms with van der Waals surface area (Å²) in [4.78, 5) is 15.2. The summed E-state index contributed by atoms with van der Waals surface area (Å²) >= 11 is 0. The van der Waals surface area contributed by atoms with E-state index in [-0.39, 0.29) is 34.1 Å². The van der Waals surface area contributed by atoms with E-state index in [0.29, 0.717) is 6.54 Å². The van der Waals surface area contributed by atoms with E-state index >= 15 is 0 Å². The van der Waals surface area contributed by atoms with Gasteiger partial charge >= 0.3 is 0 Å². The topological polar surface area (TPSA) is 79.6 Å². The zero-order valence-corrected chi connectivity index (χ0v) is 18.6. The Morgan fingerprint density at radius 3 is 2.16 bits per heavy atom. The van der Waals surface area contributed by atoms with Gasteiger partial charge in [-0.1, -0.05) is 62.4 Å². The van der Waals surface area contributed by atoms with Gasteiger partial charge in [0.1, 0.15) is 11.5 Å². The third kappa shape index (κ3) is 5.83. The summed E-state index contributed by atoms with van der Waals surface area (Å²) in [6, 6.07) is 21.3. The fraction of sp³-hybridized carbons (Fsp3) is 0.292. The van der Waals surface area contributed by atoms with Crippen molar-refractivity contribution in [3.63, 3.8) is 0 Å². The molecule has 2 aromatic carbocycles. The monoisotopic (exact) mass is 440 g/mol. The summed E-state index contributed by atoms with van der Waals surface area (Å²) in [5, 5.41) is 2.93. The molecule has 1 unspecified atom stereocenters. The number of benzene rings is 2. The Hall–Kier alpha value is -2.90. The molecule has 0 aliphatic carbocycles. The van der Waals surface area contributed by atoms with Gasteiger partial charge in [0.25, 0.3) is 5.91 Å². The van der Waals surface area contributed by atoms with E-state index in [0.717, 1.165) is 18.7 Å². The summed E-state index contributed by atoms with van der Waals surface area (Å²) in [6.45, 7) is 6.31. The molecule has 0 aliphatic rings. The van der Waals surface area contributed by atoms with Crippen LogP contribution in [0.4, 0.5) is 0 Å². The van der Waals surface area contributed by atoms with Gasteiger partial charge in [0, 0.05) is 6.54 Å². The van der Waals surface area contributed by atoms with E-state index in [4.69, 9.17) is 4.42 Å². The quantitative estimate of drug-likeness (QED) is 0.514. The Labute approximate surface area is 183 Å². The molecular formula is C24H28N2O4S. The summed E-state index contributed by atoms with van der Waals surface area (Å²) in [7, 11) is -3.54. The van der Waals surface area contributed by atoms with Crippen LogP contribution < -0.4 is 5.32 Å². The molecule has 1 N–H and O–H groups in total. The number of hydrogen-bond donors (Lipinski definition) is 1. The molecule has 0 bridgehead atoms. The van der Waals surface area contributed by atoms with E-state index in [1.165, 1.54) is 12.1 Å². The summed E-state index contributed by atoms with van der Waals surface area (Å²) in [5.74, 6) is -0.324. The van der Waals surface area contributed by atoms with Gasteiger partial charge in [-0.05, 0) is 42.9 Å². The Kier molecular flexibility index (Phi) is 7.65. The van der Waals surface area contributed by atoms with Crippen molar-refractivity contribution in [2.75, 3.05) is 19.6 Å². The lowest BCUT2D eigenvalue weighted by molar-refractivity contribution is 0.0905. The van der Waals surface area contributed by atoms with Crippen LogP contribution in [0.3, 0.4) is 0 Å². The second-order valence-corrected chi connectivity index (χ2v) is 9.19.